The Hall–Kier alpha value is -1.55. The first-order chi connectivity index (χ1) is 8.65. The molecule has 1 unspecified atom stereocenters. The molecular formula is C14H19NO3. The van der Waals surface area contributed by atoms with Crippen molar-refractivity contribution in [2.45, 2.75) is 25.9 Å². The Morgan fingerprint density at radius 3 is 2.83 bits per heavy atom. The molecule has 1 aliphatic heterocycles. The lowest BCUT2D eigenvalue weighted by Crippen LogP contribution is -2.44. The van der Waals surface area contributed by atoms with E-state index in [-0.39, 0.29) is 18.6 Å². The van der Waals surface area contributed by atoms with Crippen molar-refractivity contribution < 1.29 is 14.6 Å². The summed E-state index contributed by atoms with van der Waals surface area (Å²) in [6.07, 6.45) is 1.25. The molecule has 1 N–H and O–H groups in total. The van der Waals surface area contributed by atoms with E-state index in [1.807, 2.05) is 31.2 Å². The van der Waals surface area contributed by atoms with Crippen LogP contribution in [-0.2, 0) is 4.79 Å². The quantitative estimate of drug-likeness (QED) is 0.880. The molecule has 4 nitrogen and oxygen atoms in total. The highest BCUT2D eigenvalue weighted by molar-refractivity contribution is 5.77. The Morgan fingerprint density at radius 2 is 2.17 bits per heavy atom. The van der Waals surface area contributed by atoms with Crippen molar-refractivity contribution in [3.05, 3.63) is 29.8 Å². The number of ether oxygens (including phenoxy) is 1. The van der Waals surface area contributed by atoms with E-state index in [4.69, 9.17) is 4.74 Å². The largest absolute Gasteiger partial charge is 0.484 e. The fourth-order valence-corrected chi connectivity index (χ4v) is 2.05. The summed E-state index contributed by atoms with van der Waals surface area (Å²) in [5, 5.41) is 9.51. The van der Waals surface area contributed by atoms with Gasteiger partial charge in [0.2, 0.25) is 0 Å². The smallest absolute Gasteiger partial charge is 0.260 e. The molecule has 1 amide bonds. The van der Waals surface area contributed by atoms with E-state index >= 15 is 0 Å². The number of hydrogen-bond acceptors (Lipinski definition) is 3. The summed E-state index contributed by atoms with van der Waals surface area (Å²) in [5.41, 5.74) is 1.16. The Morgan fingerprint density at radius 1 is 1.44 bits per heavy atom. The molecule has 98 valence electrons. The third-order valence-electron chi connectivity index (χ3n) is 3.13. The van der Waals surface area contributed by atoms with E-state index in [9.17, 15) is 9.90 Å². The Balaban J connectivity index is 1.82. The summed E-state index contributed by atoms with van der Waals surface area (Å²) >= 11 is 0. The van der Waals surface area contributed by atoms with Crippen LogP contribution >= 0.6 is 0 Å². The van der Waals surface area contributed by atoms with Crippen LogP contribution in [0.3, 0.4) is 0 Å². The molecule has 4 heteroatoms. The van der Waals surface area contributed by atoms with Gasteiger partial charge in [-0.05, 0) is 31.9 Å². The molecule has 1 fully saturated rings. The molecule has 0 spiro atoms. The molecule has 1 aromatic carbocycles. The number of aliphatic hydroxyl groups excluding tert-OH is 1. The molecule has 1 aromatic rings. The average Bonchev–Trinajstić information content (AvgIpc) is 2.38. The zero-order valence-corrected chi connectivity index (χ0v) is 10.6. The van der Waals surface area contributed by atoms with Crippen molar-refractivity contribution in [3.8, 4) is 5.75 Å². The molecular weight excluding hydrogens is 230 g/mol. The summed E-state index contributed by atoms with van der Waals surface area (Å²) < 4.78 is 5.44. The maximum absolute atomic E-state index is 11.9. The Bertz CT molecular complexity index is 402. The molecule has 0 aliphatic carbocycles. The standard InChI is InChI=1S/C14H19NO3/c1-11-4-6-13(7-5-11)18-10-14(17)15-8-2-3-12(16)9-15/h4-7,12,16H,2-3,8-10H2,1H3. The predicted molar refractivity (Wildman–Crippen MR) is 68.5 cm³/mol. The number of piperidine rings is 1. The Labute approximate surface area is 107 Å². The van der Waals surface area contributed by atoms with Crippen molar-refractivity contribution in [3.63, 3.8) is 0 Å². The van der Waals surface area contributed by atoms with Crippen molar-refractivity contribution in [2.24, 2.45) is 0 Å². The third-order valence-corrected chi connectivity index (χ3v) is 3.13. The highest BCUT2D eigenvalue weighted by atomic mass is 16.5. The number of carbonyl (C=O) groups excluding carboxylic acids is 1. The van der Waals surface area contributed by atoms with E-state index in [1.54, 1.807) is 4.90 Å². The highest BCUT2D eigenvalue weighted by Crippen LogP contribution is 2.13. The van der Waals surface area contributed by atoms with Crippen LogP contribution in [0, 0.1) is 6.92 Å². The first-order valence-electron chi connectivity index (χ1n) is 6.30. The van der Waals surface area contributed by atoms with Gasteiger partial charge in [0.15, 0.2) is 6.61 Å². The number of benzene rings is 1. The summed E-state index contributed by atoms with van der Waals surface area (Å²) in [6.45, 7) is 3.18. The van der Waals surface area contributed by atoms with E-state index < -0.39 is 0 Å². The Kier molecular flexibility index (Phi) is 4.20. The summed E-state index contributed by atoms with van der Waals surface area (Å²) in [7, 11) is 0. The number of aryl methyl sites for hydroxylation is 1. The van der Waals surface area contributed by atoms with E-state index in [0.29, 0.717) is 18.8 Å². The predicted octanol–water partition coefficient (Wildman–Crippen LogP) is 1.36. The van der Waals surface area contributed by atoms with Crippen LogP contribution in [0.2, 0.25) is 0 Å². The molecule has 0 radical (unpaired) electrons. The number of nitrogens with zero attached hydrogens (tertiary/aromatic N) is 1. The summed E-state index contributed by atoms with van der Waals surface area (Å²) in [4.78, 5) is 13.5. The van der Waals surface area contributed by atoms with Gasteiger partial charge in [-0.2, -0.15) is 0 Å². The van der Waals surface area contributed by atoms with Gasteiger partial charge >= 0.3 is 0 Å². The molecule has 0 aromatic heterocycles. The fraction of sp³-hybridized carbons (Fsp3) is 0.500. The molecule has 1 aliphatic rings. The first-order valence-corrected chi connectivity index (χ1v) is 6.30. The van der Waals surface area contributed by atoms with E-state index in [2.05, 4.69) is 0 Å². The van der Waals surface area contributed by atoms with Crippen molar-refractivity contribution in [1.82, 2.24) is 4.90 Å². The molecule has 0 bridgehead atoms. The van der Waals surface area contributed by atoms with Crippen LogP contribution in [-0.4, -0.2) is 41.7 Å². The lowest BCUT2D eigenvalue weighted by molar-refractivity contribution is -0.136. The normalized spacial score (nSPS) is 19.7. The second kappa shape index (κ2) is 5.87. The maximum Gasteiger partial charge on any atom is 0.260 e. The summed E-state index contributed by atoms with van der Waals surface area (Å²) in [6, 6.07) is 7.61. The monoisotopic (exact) mass is 249 g/mol. The second-order valence-corrected chi connectivity index (χ2v) is 4.74. The van der Waals surface area contributed by atoms with Crippen LogP contribution in [0.15, 0.2) is 24.3 Å². The molecule has 0 saturated carbocycles. The van der Waals surface area contributed by atoms with Gasteiger partial charge in [0.05, 0.1) is 6.10 Å². The van der Waals surface area contributed by atoms with Gasteiger partial charge in [0, 0.05) is 13.1 Å². The molecule has 1 heterocycles. The van der Waals surface area contributed by atoms with Crippen molar-refractivity contribution in [1.29, 1.82) is 0 Å². The number of rotatable bonds is 3. The van der Waals surface area contributed by atoms with Gasteiger partial charge in [-0.1, -0.05) is 17.7 Å². The lowest BCUT2D eigenvalue weighted by Gasteiger charge is -2.30. The minimum atomic E-state index is -0.387. The van der Waals surface area contributed by atoms with Crippen LogP contribution in [0.5, 0.6) is 5.75 Å². The minimum Gasteiger partial charge on any atom is -0.484 e. The van der Waals surface area contributed by atoms with Gasteiger partial charge < -0.3 is 14.7 Å². The number of likely N-dealkylation sites (tertiary alicyclic amines) is 1. The van der Waals surface area contributed by atoms with Gasteiger partial charge in [-0.25, -0.2) is 0 Å². The second-order valence-electron chi connectivity index (χ2n) is 4.74. The minimum absolute atomic E-state index is 0.0375. The zero-order chi connectivity index (χ0) is 13.0. The first kappa shape index (κ1) is 12.9. The number of amides is 1. The molecule has 1 atom stereocenters. The molecule has 2 rings (SSSR count). The SMILES string of the molecule is Cc1ccc(OCC(=O)N2CCCC(O)C2)cc1. The van der Waals surface area contributed by atoms with Gasteiger partial charge in [-0.15, -0.1) is 0 Å². The van der Waals surface area contributed by atoms with Crippen LogP contribution in [0.1, 0.15) is 18.4 Å². The summed E-state index contributed by atoms with van der Waals surface area (Å²) in [5.74, 6) is 0.640. The van der Waals surface area contributed by atoms with E-state index in [0.717, 1.165) is 18.4 Å². The zero-order valence-electron chi connectivity index (χ0n) is 10.6. The number of aliphatic hydroxyl groups is 1. The number of hydrogen-bond donors (Lipinski definition) is 1. The van der Waals surface area contributed by atoms with Crippen LogP contribution in [0.25, 0.3) is 0 Å². The fourth-order valence-electron chi connectivity index (χ4n) is 2.05. The average molecular weight is 249 g/mol. The molecule has 18 heavy (non-hydrogen) atoms. The van der Waals surface area contributed by atoms with Gasteiger partial charge in [0.25, 0.3) is 5.91 Å². The maximum atomic E-state index is 11.9. The number of carbonyl (C=O) groups is 1. The lowest BCUT2D eigenvalue weighted by atomic mass is 10.1. The van der Waals surface area contributed by atoms with Gasteiger partial charge in [-0.3, -0.25) is 4.79 Å². The topological polar surface area (TPSA) is 49.8 Å². The highest BCUT2D eigenvalue weighted by Gasteiger charge is 2.22. The van der Waals surface area contributed by atoms with Crippen LogP contribution < -0.4 is 4.74 Å². The van der Waals surface area contributed by atoms with Crippen molar-refractivity contribution >= 4 is 5.91 Å². The number of β-amino-alcohol motifs (C(OH)–C–C–N with tert-alkyl or cyclic N) is 1. The third kappa shape index (κ3) is 3.47. The van der Waals surface area contributed by atoms with Crippen molar-refractivity contribution in [2.75, 3.05) is 19.7 Å². The van der Waals surface area contributed by atoms with Gasteiger partial charge in [0.1, 0.15) is 5.75 Å². The molecule has 1 saturated heterocycles. The van der Waals surface area contributed by atoms with Crippen LogP contribution in [0.4, 0.5) is 0 Å². The van der Waals surface area contributed by atoms with E-state index in [1.165, 1.54) is 0 Å².